The van der Waals surface area contributed by atoms with Crippen LogP contribution in [0.15, 0.2) is 60.8 Å². The van der Waals surface area contributed by atoms with E-state index in [0.717, 1.165) is 25.7 Å². The van der Waals surface area contributed by atoms with E-state index in [1.807, 2.05) is 36.5 Å². The molecule has 23 heavy (non-hydrogen) atoms. The molecule has 3 nitrogen and oxygen atoms in total. The predicted octanol–water partition coefficient (Wildman–Crippen LogP) is 4.96. The number of carboxylic acid groups (broad SMARTS) is 1. The first-order chi connectivity index (χ1) is 11.2. The molecule has 0 saturated heterocycles. The lowest BCUT2D eigenvalue weighted by atomic mass is 10.2. The normalized spacial score (nSPS) is 14.2. The van der Waals surface area contributed by atoms with E-state index in [1.54, 1.807) is 6.08 Å². The molecule has 1 atom stereocenters. The van der Waals surface area contributed by atoms with Gasteiger partial charge in [-0.2, -0.15) is 0 Å². The highest BCUT2D eigenvalue weighted by atomic mass is 16.4. The van der Waals surface area contributed by atoms with Crippen LogP contribution in [0.5, 0.6) is 0 Å². The molecule has 0 saturated carbocycles. The lowest BCUT2D eigenvalue weighted by Gasteiger charge is -1.98. The molecule has 3 heteroatoms. The number of aliphatic hydroxyl groups excluding tert-OH is 1. The third-order valence-electron chi connectivity index (χ3n) is 3.00. The average Bonchev–Trinajstić information content (AvgIpc) is 2.52. The standard InChI is InChI=1S/C20H30O3/c1-2-3-4-5-10-13-16-19(21)17-14-11-8-6-7-9-12-15-18-20(22)23/h3-4,7-11,13-14,17,19,21H,2,5-6,12,15-16,18H2,1H3,(H,22,23)/b4-3+,9-7+,11-8+,13-10+,17-14+/t19-/m0/s1. The molecule has 0 aromatic rings. The van der Waals surface area contributed by atoms with Crippen LogP contribution in [0, 0.1) is 0 Å². The summed E-state index contributed by atoms with van der Waals surface area (Å²) in [6, 6.07) is 0. The Morgan fingerprint density at radius 1 is 0.957 bits per heavy atom. The number of carbonyl (C=O) groups is 1. The smallest absolute Gasteiger partial charge is 0.303 e. The second kappa shape index (κ2) is 16.5. The van der Waals surface area contributed by atoms with Crippen LogP contribution in [0.3, 0.4) is 0 Å². The Balaban J connectivity index is 3.68. The highest BCUT2D eigenvalue weighted by Gasteiger charge is 1.93. The van der Waals surface area contributed by atoms with Crippen molar-refractivity contribution in [1.29, 1.82) is 0 Å². The monoisotopic (exact) mass is 318 g/mol. The van der Waals surface area contributed by atoms with Gasteiger partial charge in [-0.05, 0) is 38.5 Å². The zero-order valence-electron chi connectivity index (χ0n) is 14.1. The molecule has 0 aromatic heterocycles. The summed E-state index contributed by atoms with van der Waals surface area (Å²) in [7, 11) is 0. The van der Waals surface area contributed by atoms with E-state index < -0.39 is 12.1 Å². The maximum Gasteiger partial charge on any atom is 0.303 e. The van der Waals surface area contributed by atoms with Crippen molar-refractivity contribution in [2.75, 3.05) is 0 Å². The Labute approximate surface area is 140 Å². The van der Waals surface area contributed by atoms with Gasteiger partial charge < -0.3 is 10.2 Å². The Hall–Kier alpha value is -1.87. The fraction of sp³-hybridized carbons (Fsp3) is 0.450. The Bertz CT molecular complexity index is 428. The molecular formula is C20H30O3. The number of aliphatic hydroxyl groups is 1. The van der Waals surface area contributed by atoms with Crippen LogP contribution in [0.1, 0.15) is 51.9 Å². The van der Waals surface area contributed by atoms with Gasteiger partial charge in [0.2, 0.25) is 0 Å². The van der Waals surface area contributed by atoms with E-state index >= 15 is 0 Å². The average molecular weight is 318 g/mol. The summed E-state index contributed by atoms with van der Waals surface area (Å²) < 4.78 is 0. The molecule has 0 unspecified atom stereocenters. The Morgan fingerprint density at radius 3 is 2.39 bits per heavy atom. The second-order valence-electron chi connectivity index (χ2n) is 5.20. The van der Waals surface area contributed by atoms with Crippen molar-refractivity contribution in [2.45, 2.75) is 58.0 Å². The van der Waals surface area contributed by atoms with Gasteiger partial charge in [0.15, 0.2) is 0 Å². The third-order valence-corrected chi connectivity index (χ3v) is 3.00. The number of aliphatic carboxylic acids is 1. The minimum atomic E-state index is -0.741. The summed E-state index contributed by atoms with van der Waals surface area (Å²) in [4.78, 5) is 10.3. The van der Waals surface area contributed by atoms with Crippen molar-refractivity contribution in [3.63, 3.8) is 0 Å². The van der Waals surface area contributed by atoms with Crippen molar-refractivity contribution >= 4 is 5.97 Å². The Morgan fingerprint density at radius 2 is 1.65 bits per heavy atom. The van der Waals surface area contributed by atoms with Crippen molar-refractivity contribution in [1.82, 2.24) is 0 Å². The van der Waals surface area contributed by atoms with E-state index in [4.69, 9.17) is 5.11 Å². The van der Waals surface area contributed by atoms with Crippen molar-refractivity contribution < 1.29 is 15.0 Å². The van der Waals surface area contributed by atoms with Crippen LogP contribution < -0.4 is 0 Å². The van der Waals surface area contributed by atoms with Crippen LogP contribution in [-0.4, -0.2) is 22.3 Å². The first-order valence-electron chi connectivity index (χ1n) is 8.35. The lowest BCUT2D eigenvalue weighted by Crippen LogP contribution is -1.98. The summed E-state index contributed by atoms with van der Waals surface area (Å²) in [5.41, 5.74) is 0. The van der Waals surface area contributed by atoms with Crippen LogP contribution in [0.25, 0.3) is 0 Å². The Kier molecular flexibility index (Phi) is 15.2. The minimum absolute atomic E-state index is 0.226. The highest BCUT2D eigenvalue weighted by Crippen LogP contribution is 2.00. The quantitative estimate of drug-likeness (QED) is 0.286. The number of rotatable bonds is 13. The van der Waals surface area contributed by atoms with Crippen LogP contribution >= 0.6 is 0 Å². The number of hydrogen-bond acceptors (Lipinski definition) is 2. The predicted molar refractivity (Wildman–Crippen MR) is 97.3 cm³/mol. The molecule has 0 aromatic carbocycles. The van der Waals surface area contributed by atoms with Crippen molar-refractivity contribution in [2.24, 2.45) is 0 Å². The second-order valence-corrected chi connectivity index (χ2v) is 5.20. The number of hydrogen-bond donors (Lipinski definition) is 2. The molecular weight excluding hydrogens is 288 g/mol. The van der Waals surface area contributed by atoms with Gasteiger partial charge in [-0.15, -0.1) is 0 Å². The maximum absolute atomic E-state index is 10.3. The van der Waals surface area contributed by atoms with Gasteiger partial charge >= 0.3 is 5.97 Å². The molecule has 0 rings (SSSR count). The molecule has 0 aliphatic heterocycles. The van der Waals surface area contributed by atoms with Gasteiger partial charge in [-0.25, -0.2) is 0 Å². The third kappa shape index (κ3) is 18.1. The highest BCUT2D eigenvalue weighted by molar-refractivity contribution is 5.66. The number of carboxylic acids is 1. The molecule has 0 bridgehead atoms. The van der Waals surface area contributed by atoms with E-state index in [-0.39, 0.29) is 6.42 Å². The zero-order valence-corrected chi connectivity index (χ0v) is 14.1. The van der Waals surface area contributed by atoms with Crippen LogP contribution in [-0.2, 0) is 4.79 Å². The van der Waals surface area contributed by atoms with E-state index in [0.29, 0.717) is 12.8 Å². The van der Waals surface area contributed by atoms with Crippen molar-refractivity contribution in [3.8, 4) is 0 Å². The van der Waals surface area contributed by atoms with E-state index in [9.17, 15) is 9.90 Å². The van der Waals surface area contributed by atoms with Gasteiger partial charge in [0.05, 0.1) is 6.10 Å². The largest absolute Gasteiger partial charge is 0.481 e. The molecule has 128 valence electrons. The number of allylic oxidation sites excluding steroid dienone is 8. The van der Waals surface area contributed by atoms with Crippen LogP contribution in [0.2, 0.25) is 0 Å². The molecule has 0 heterocycles. The van der Waals surface area contributed by atoms with Gasteiger partial charge in [0.1, 0.15) is 0 Å². The molecule has 0 amide bonds. The first kappa shape index (κ1) is 21.1. The van der Waals surface area contributed by atoms with E-state index in [2.05, 4.69) is 25.2 Å². The summed E-state index contributed by atoms with van der Waals surface area (Å²) >= 11 is 0. The van der Waals surface area contributed by atoms with E-state index in [1.165, 1.54) is 0 Å². The molecule has 0 aliphatic rings. The molecule has 0 radical (unpaired) electrons. The summed E-state index contributed by atoms with van der Waals surface area (Å²) in [6.07, 6.45) is 24.6. The first-order valence-corrected chi connectivity index (χ1v) is 8.35. The van der Waals surface area contributed by atoms with Crippen LogP contribution in [0.4, 0.5) is 0 Å². The summed E-state index contributed by atoms with van der Waals surface area (Å²) in [6.45, 7) is 2.11. The topological polar surface area (TPSA) is 57.5 Å². The molecule has 0 aliphatic carbocycles. The zero-order chi connectivity index (χ0) is 17.2. The molecule has 0 spiro atoms. The summed E-state index contributed by atoms with van der Waals surface area (Å²) in [5, 5.41) is 18.2. The van der Waals surface area contributed by atoms with Gasteiger partial charge in [0, 0.05) is 6.42 Å². The van der Waals surface area contributed by atoms with Crippen molar-refractivity contribution in [3.05, 3.63) is 60.8 Å². The fourth-order valence-corrected chi connectivity index (χ4v) is 1.77. The minimum Gasteiger partial charge on any atom is -0.481 e. The molecule has 0 fully saturated rings. The fourth-order valence-electron chi connectivity index (χ4n) is 1.77. The SMILES string of the molecule is CC/C=C/C/C=C/C[C@H](O)/C=C/C=C/C/C=C/CCCC(=O)O. The summed E-state index contributed by atoms with van der Waals surface area (Å²) in [5.74, 6) is -0.741. The lowest BCUT2D eigenvalue weighted by molar-refractivity contribution is -0.137. The van der Waals surface area contributed by atoms with Gasteiger partial charge in [-0.3, -0.25) is 4.79 Å². The molecule has 2 N–H and O–H groups in total. The van der Waals surface area contributed by atoms with Gasteiger partial charge in [-0.1, -0.05) is 67.7 Å². The van der Waals surface area contributed by atoms with Gasteiger partial charge in [0.25, 0.3) is 0 Å². The maximum atomic E-state index is 10.3. The number of unbranched alkanes of at least 4 members (excludes halogenated alkanes) is 1.